The summed E-state index contributed by atoms with van der Waals surface area (Å²) < 4.78 is 47.3. The molecule has 3 rings (SSSR count). The zero-order valence-electron chi connectivity index (χ0n) is 17.0. The summed E-state index contributed by atoms with van der Waals surface area (Å²) in [6.07, 6.45) is 1.53. The number of hydrogen-bond donors (Lipinski definition) is 0. The van der Waals surface area contributed by atoms with Crippen molar-refractivity contribution in [2.75, 3.05) is 34.7 Å². The van der Waals surface area contributed by atoms with Gasteiger partial charge in [-0.2, -0.15) is 9.52 Å². The molecule has 1 heterocycles. The summed E-state index contributed by atoms with van der Waals surface area (Å²) in [6.45, 7) is 0. The highest BCUT2D eigenvalue weighted by Gasteiger charge is 2.35. The van der Waals surface area contributed by atoms with Crippen molar-refractivity contribution in [1.29, 1.82) is 0 Å². The molecule has 0 N–H and O–H groups in total. The molecule has 156 valence electrons. The summed E-state index contributed by atoms with van der Waals surface area (Å²) >= 11 is 0. The van der Waals surface area contributed by atoms with Crippen molar-refractivity contribution in [3.63, 3.8) is 0 Å². The average Bonchev–Trinajstić information content (AvgIpc) is 3.19. The number of rotatable bonds is 7. The molecule has 0 unspecified atom stereocenters. The monoisotopic (exact) mass is 420 g/mol. The fraction of sp³-hybridized carbons (Fsp3) is 0.350. The van der Waals surface area contributed by atoms with Gasteiger partial charge in [-0.15, -0.1) is 0 Å². The second-order valence-electron chi connectivity index (χ2n) is 6.52. The van der Waals surface area contributed by atoms with Crippen molar-refractivity contribution in [3.8, 4) is 23.0 Å². The van der Waals surface area contributed by atoms with Crippen LogP contribution in [0.5, 0.6) is 23.0 Å². The highest BCUT2D eigenvalue weighted by Crippen LogP contribution is 2.39. The molecule has 0 bridgehead atoms. The van der Waals surface area contributed by atoms with Gasteiger partial charge in [-0.05, 0) is 35.9 Å². The normalized spacial score (nSPS) is 16.4. The summed E-state index contributed by atoms with van der Waals surface area (Å²) in [5.41, 5.74) is 2.11. The van der Waals surface area contributed by atoms with E-state index in [1.54, 1.807) is 58.8 Å². The van der Waals surface area contributed by atoms with Gasteiger partial charge in [0.2, 0.25) is 10.0 Å². The van der Waals surface area contributed by atoms with Crippen molar-refractivity contribution in [2.24, 2.45) is 5.10 Å². The van der Waals surface area contributed by atoms with Crippen LogP contribution in [-0.4, -0.2) is 53.2 Å². The van der Waals surface area contributed by atoms with Crippen LogP contribution in [0.15, 0.2) is 41.5 Å². The maximum atomic E-state index is 12.4. The fourth-order valence-electron chi connectivity index (χ4n) is 3.25. The van der Waals surface area contributed by atoms with Crippen LogP contribution in [0, 0.1) is 0 Å². The zero-order valence-corrected chi connectivity index (χ0v) is 17.8. The van der Waals surface area contributed by atoms with Crippen molar-refractivity contribution in [1.82, 2.24) is 4.41 Å². The molecule has 2 aromatic rings. The lowest BCUT2D eigenvalue weighted by molar-refractivity contribution is 0.355. The molecule has 2 aromatic carbocycles. The Morgan fingerprint density at radius 3 is 2.03 bits per heavy atom. The second kappa shape index (κ2) is 8.20. The number of ether oxygens (including phenoxy) is 4. The van der Waals surface area contributed by atoms with Crippen LogP contribution < -0.4 is 18.9 Å². The topological polar surface area (TPSA) is 86.7 Å². The molecular weight excluding hydrogens is 396 g/mol. The predicted molar refractivity (Wildman–Crippen MR) is 110 cm³/mol. The molecule has 0 aliphatic carbocycles. The summed E-state index contributed by atoms with van der Waals surface area (Å²) in [5.74, 6) is 2.29. The maximum Gasteiger partial charge on any atom is 0.247 e. The first-order chi connectivity index (χ1) is 13.8. The van der Waals surface area contributed by atoms with Gasteiger partial charge in [0.25, 0.3) is 0 Å². The Bertz CT molecular complexity index is 1010. The highest BCUT2D eigenvalue weighted by molar-refractivity contribution is 7.88. The summed E-state index contributed by atoms with van der Waals surface area (Å²) in [5, 5.41) is 4.41. The van der Waals surface area contributed by atoms with Crippen LogP contribution in [0.2, 0.25) is 0 Å². The van der Waals surface area contributed by atoms with E-state index in [4.69, 9.17) is 18.9 Å². The number of hydrazone groups is 1. The number of methoxy groups -OCH3 is 4. The van der Waals surface area contributed by atoms with E-state index in [0.717, 1.165) is 21.8 Å². The van der Waals surface area contributed by atoms with Gasteiger partial charge in [-0.1, -0.05) is 0 Å². The lowest BCUT2D eigenvalue weighted by Gasteiger charge is -2.22. The minimum Gasteiger partial charge on any atom is -0.497 e. The number of sulfonamides is 1. The van der Waals surface area contributed by atoms with Crippen LogP contribution in [-0.2, 0) is 10.0 Å². The third-order valence-electron chi connectivity index (χ3n) is 4.69. The number of benzene rings is 2. The maximum absolute atomic E-state index is 12.4. The summed E-state index contributed by atoms with van der Waals surface area (Å²) in [7, 11) is 2.60. The Balaban J connectivity index is 2.04. The molecule has 0 saturated carbocycles. The van der Waals surface area contributed by atoms with Gasteiger partial charge in [0, 0.05) is 18.1 Å². The largest absolute Gasteiger partial charge is 0.497 e. The molecule has 9 heteroatoms. The fourth-order valence-corrected chi connectivity index (χ4v) is 4.16. The molecule has 0 fully saturated rings. The minimum absolute atomic E-state index is 0.388. The van der Waals surface area contributed by atoms with Crippen molar-refractivity contribution in [2.45, 2.75) is 12.5 Å². The van der Waals surface area contributed by atoms with Gasteiger partial charge in [-0.25, -0.2) is 8.42 Å². The first-order valence-corrected chi connectivity index (χ1v) is 10.7. The van der Waals surface area contributed by atoms with E-state index in [1.165, 1.54) is 0 Å². The van der Waals surface area contributed by atoms with Crippen LogP contribution in [0.3, 0.4) is 0 Å². The summed E-state index contributed by atoms with van der Waals surface area (Å²) in [4.78, 5) is 0. The predicted octanol–water partition coefficient (Wildman–Crippen LogP) is 2.83. The second-order valence-corrected chi connectivity index (χ2v) is 8.36. The molecule has 1 atom stereocenters. The van der Waals surface area contributed by atoms with E-state index in [0.29, 0.717) is 35.1 Å². The van der Waals surface area contributed by atoms with E-state index < -0.39 is 16.1 Å². The molecule has 1 aliphatic rings. The molecule has 0 aromatic heterocycles. The molecular formula is C20H24N2O6S. The molecule has 0 amide bonds. The molecule has 0 saturated heterocycles. The van der Waals surface area contributed by atoms with Crippen LogP contribution in [0.25, 0.3) is 0 Å². The van der Waals surface area contributed by atoms with E-state index in [1.807, 2.05) is 6.07 Å². The van der Waals surface area contributed by atoms with E-state index >= 15 is 0 Å². The quantitative estimate of drug-likeness (QED) is 0.685. The SMILES string of the molecule is COc1cc(OC)cc([C@@H]2CC(c3ccc(OC)c(OC)c3)=NN2S(C)(=O)=O)c1. The van der Waals surface area contributed by atoms with Gasteiger partial charge in [0.15, 0.2) is 11.5 Å². The lowest BCUT2D eigenvalue weighted by Crippen LogP contribution is -2.26. The third-order valence-corrected chi connectivity index (χ3v) is 5.70. The van der Waals surface area contributed by atoms with Crippen molar-refractivity contribution < 1.29 is 27.4 Å². The molecule has 0 spiro atoms. The average molecular weight is 420 g/mol. The highest BCUT2D eigenvalue weighted by atomic mass is 32.2. The van der Waals surface area contributed by atoms with Crippen LogP contribution in [0.4, 0.5) is 0 Å². The van der Waals surface area contributed by atoms with Crippen LogP contribution >= 0.6 is 0 Å². The van der Waals surface area contributed by atoms with Crippen molar-refractivity contribution >= 4 is 15.7 Å². The zero-order chi connectivity index (χ0) is 21.2. The van der Waals surface area contributed by atoms with Gasteiger partial charge in [0.05, 0.1) is 46.4 Å². The van der Waals surface area contributed by atoms with Crippen molar-refractivity contribution in [3.05, 3.63) is 47.5 Å². The first kappa shape index (κ1) is 20.8. The standard InChI is InChI=1S/C20H24N2O6S/c1-25-15-8-14(9-16(11-15)26-2)18-12-17(21-22(18)29(5,23)24)13-6-7-19(27-3)20(10-13)28-4/h6-11,18H,12H2,1-5H3/t18-/m0/s1. The first-order valence-electron chi connectivity index (χ1n) is 8.83. The lowest BCUT2D eigenvalue weighted by atomic mass is 9.98. The number of nitrogens with zero attached hydrogens (tertiary/aromatic N) is 2. The van der Waals surface area contributed by atoms with Gasteiger partial charge in [-0.3, -0.25) is 0 Å². The van der Waals surface area contributed by atoms with Gasteiger partial charge >= 0.3 is 0 Å². The van der Waals surface area contributed by atoms with E-state index in [2.05, 4.69) is 5.10 Å². The van der Waals surface area contributed by atoms with E-state index in [9.17, 15) is 8.42 Å². The Morgan fingerprint density at radius 1 is 0.897 bits per heavy atom. The number of hydrogen-bond acceptors (Lipinski definition) is 7. The Morgan fingerprint density at radius 2 is 1.52 bits per heavy atom. The van der Waals surface area contributed by atoms with E-state index in [-0.39, 0.29) is 0 Å². The minimum atomic E-state index is -3.60. The van der Waals surface area contributed by atoms with Gasteiger partial charge < -0.3 is 18.9 Å². The smallest absolute Gasteiger partial charge is 0.247 e. The molecule has 8 nitrogen and oxygen atoms in total. The van der Waals surface area contributed by atoms with Crippen LogP contribution in [0.1, 0.15) is 23.6 Å². The molecule has 0 radical (unpaired) electrons. The molecule has 29 heavy (non-hydrogen) atoms. The Hall–Kier alpha value is -2.94. The van der Waals surface area contributed by atoms with Gasteiger partial charge in [0.1, 0.15) is 11.5 Å². The summed E-state index contributed by atoms with van der Waals surface area (Å²) in [6, 6.07) is 10.2. The Labute approximate surface area is 170 Å². The Kier molecular flexibility index (Phi) is 5.88. The molecule has 1 aliphatic heterocycles. The third kappa shape index (κ3) is 4.24.